The lowest BCUT2D eigenvalue weighted by molar-refractivity contribution is 0.0948. The van der Waals surface area contributed by atoms with Gasteiger partial charge in [0, 0.05) is 17.4 Å². The van der Waals surface area contributed by atoms with Crippen LogP contribution in [0.15, 0.2) is 24.3 Å². The largest absolute Gasteiger partial charge is 0.352 e. The molecule has 1 atom stereocenters. The highest BCUT2D eigenvalue weighted by Gasteiger charge is 2.08. The topological polar surface area (TPSA) is 29.1 Å². The van der Waals surface area contributed by atoms with Crippen molar-refractivity contribution in [3.63, 3.8) is 0 Å². The Morgan fingerprint density at radius 1 is 1.22 bits per heavy atom. The normalized spacial score (nSPS) is 12.5. The van der Waals surface area contributed by atoms with E-state index in [-0.39, 0.29) is 5.91 Å². The second kappa shape index (κ2) is 7.57. The first kappa shape index (κ1) is 15.2. The number of nitrogens with one attached hydrogen (secondary N) is 1. The molecule has 1 unspecified atom stereocenters. The fourth-order valence-electron chi connectivity index (χ4n) is 1.68. The Balaban J connectivity index is 2.51. The van der Waals surface area contributed by atoms with Crippen molar-refractivity contribution in [1.29, 1.82) is 0 Å². The van der Waals surface area contributed by atoms with Crippen LogP contribution in [0, 0.1) is 5.92 Å². The highest BCUT2D eigenvalue weighted by Crippen LogP contribution is 2.14. The summed E-state index contributed by atoms with van der Waals surface area (Å²) in [6.07, 6.45) is 1.08. The smallest absolute Gasteiger partial charge is 0.251 e. The molecule has 0 radical (unpaired) electrons. The minimum absolute atomic E-state index is 0.0201. The van der Waals surface area contributed by atoms with Gasteiger partial charge in [0.05, 0.1) is 0 Å². The first-order valence-electron chi connectivity index (χ1n) is 6.48. The van der Waals surface area contributed by atoms with E-state index in [9.17, 15) is 4.79 Å². The summed E-state index contributed by atoms with van der Waals surface area (Å²) < 4.78 is 0. The maximum absolute atomic E-state index is 11.9. The second-order valence-corrected chi connectivity index (χ2v) is 5.86. The first-order chi connectivity index (χ1) is 8.54. The molecule has 18 heavy (non-hydrogen) atoms. The van der Waals surface area contributed by atoms with E-state index < -0.39 is 0 Å². The molecule has 2 nitrogen and oxygen atoms in total. The van der Waals surface area contributed by atoms with E-state index in [0.717, 1.165) is 23.9 Å². The van der Waals surface area contributed by atoms with Crippen molar-refractivity contribution >= 4 is 21.8 Å². The van der Waals surface area contributed by atoms with E-state index in [1.54, 1.807) is 0 Å². The van der Waals surface area contributed by atoms with E-state index in [2.05, 4.69) is 42.0 Å². The SMILES string of the molecule is CC(CCBr)CNC(=O)c1ccc(C(C)C)cc1. The highest BCUT2D eigenvalue weighted by atomic mass is 79.9. The Morgan fingerprint density at radius 2 is 1.83 bits per heavy atom. The van der Waals surface area contributed by atoms with E-state index in [0.29, 0.717) is 11.8 Å². The van der Waals surface area contributed by atoms with Crippen LogP contribution in [0.1, 0.15) is 49.0 Å². The third kappa shape index (κ3) is 4.81. The van der Waals surface area contributed by atoms with Gasteiger partial charge in [-0.2, -0.15) is 0 Å². The van der Waals surface area contributed by atoms with Gasteiger partial charge in [-0.1, -0.05) is 48.8 Å². The molecule has 0 saturated heterocycles. The third-order valence-corrected chi connectivity index (χ3v) is 3.51. The van der Waals surface area contributed by atoms with Crippen molar-refractivity contribution in [1.82, 2.24) is 5.32 Å². The van der Waals surface area contributed by atoms with E-state index in [1.807, 2.05) is 24.3 Å². The Bertz CT molecular complexity index is 373. The maximum atomic E-state index is 11.9. The molecule has 1 aromatic carbocycles. The average Bonchev–Trinajstić information content (AvgIpc) is 2.36. The van der Waals surface area contributed by atoms with Crippen molar-refractivity contribution in [2.75, 3.05) is 11.9 Å². The summed E-state index contributed by atoms with van der Waals surface area (Å²) in [6, 6.07) is 7.86. The zero-order valence-electron chi connectivity index (χ0n) is 11.4. The molecule has 0 fully saturated rings. The fraction of sp³-hybridized carbons (Fsp3) is 0.533. The number of carbonyl (C=O) groups excluding carboxylic acids is 1. The first-order valence-corrected chi connectivity index (χ1v) is 7.60. The molecule has 3 heteroatoms. The minimum Gasteiger partial charge on any atom is -0.352 e. The molecule has 0 aliphatic carbocycles. The van der Waals surface area contributed by atoms with Gasteiger partial charge in [-0.15, -0.1) is 0 Å². The highest BCUT2D eigenvalue weighted by molar-refractivity contribution is 9.09. The molecule has 0 spiro atoms. The number of hydrogen-bond acceptors (Lipinski definition) is 1. The maximum Gasteiger partial charge on any atom is 0.251 e. The van der Waals surface area contributed by atoms with Gasteiger partial charge < -0.3 is 5.32 Å². The molecule has 1 rings (SSSR count). The van der Waals surface area contributed by atoms with Gasteiger partial charge in [-0.25, -0.2) is 0 Å². The van der Waals surface area contributed by atoms with Crippen LogP contribution in [0.4, 0.5) is 0 Å². The molecule has 1 N–H and O–H groups in total. The van der Waals surface area contributed by atoms with Crippen molar-refractivity contribution < 1.29 is 4.79 Å². The lowest BCUT2D eigenvalue weighted by Crippen LogP contribution is -2.28. The minimum atomic E-state index is 0.0201. The molecule has 1 aromatic rings. The van der Waals surface area contributed by atoms with Gasteiger partial charge in [0.25, 0.3) is 5.91 Å². The van der Waals surface area contributed by atoms with Gasteiger partial charge in [0.2, 0.25) is 0 Å². The van der Waals surface area contributed by atoms with E-state index >= 15 is 0 Å². The van der Waals surface area contributed by atoms with Gasteiger partial charge in [-0.3, -0.25) is 4.79 Å². The average molecular weight is 312 g/mol. The molecule has 0 bridgehead atoms. The summed E-state index contributed by atoms with van der Waals surface area (Å²) in [7, 11) is 0. The lowest BCUT2D eigenvalue weighted by Gasteiger charge is -2.11. The Labute approximate surface area is 118 Å². The standard InChI is InChI=1S/C15H22BrNO/c1-11(2)13-4-6-14(7-5-13)15(18)17-10-12(3)8-9-16/h4-7,11-12H,8-10H2,1-3H3,(H,17,18). The van der Waals surface area contributed by atoms with Crippen LogP contribution in [-0.4, -0.2) is 17.8 Å². The summed E-state index contributed by atoms with van der Waals surface area (Å²) in [5.41, 5.74) is 2.00. The van der Waals surface area contributed by atoms with Crippen LogP contribution in [0.3, 0.4) is 0 Å². The second-order valence-electron chi connectivity index (χ2n) is 5.07. The van der Waals surface area contributed by atoms with Crippen molar-refractivity contribution in [2.24, 2.45) is 5.92 Å². The monoisotopic (exact) mass is 311 g/mol. The van der Waals surface area contributed by atoms with Crippen molar-refractivity contribution in [2.45, 2.75) is 33.1 Å². The number of carbonyl (C=O) groups is 1. The molecular formula is C15H22BrNO. The predicted octanol–water partition coefficient (Wildman–Crippen LogP) is 3.96. The lowest BCUT2D eigenvalue weighted by atomic mass is 10.0. The van der Waals surface area contributed by atoms with Crippen LogP contribution >= 0.6 is 15.9 Å². The molecule has 0 aliphatic rings. The molecule has 0 saturated carbocycles. The number of benzene rings is 1. The summed E-state index contributed by atoms with van der Waals surface area (Å²) in [5, 5.41) is 3.95. The number of hydrogen-bond donors (Lipinski definition) is 1. The number of halogens is 1. The quantitative estimate of drug-likeness (QED) is 0.792. The number of rotatable bonds is 6. The fourth-order valence-corrected chi connectivity index (χ4v) is 2.46. The van der Waals surface area contributed by atoms with Crippen LogP contribution in [0.2, 0.25) is 0 Å². The van der Waals surface area contributed by atoms with Gasteiger partial charge in [0.1, 0.15) is 0 Å². The van der Waals surface area contributed by atoms with E-state index in [1.165, 1.54) is 5.56 Å². The van der Waals surface area contributed by atoms with Crippen molar-refractivity contribution in [3.8, 4) is 0 Å². The summed E-state index contributed by atoms with van der Waals surface area (Å²) in [5.74, 6) is 1.02. The van der Waals surface area contributed by atoms with Crippen LogP contribution in [-0.2, 0) is 0 Å². The van der Waals surface area contributed by atoms with Gasteiger partial charge >= 0.3 is 0 Å². The number of alkyl halides is 1. The van der Waals surface area contributed by atoms with E-state index in [4.69, 9.17) is 0 Å². The molecule has 100 valence electrons. The van der Waals surface area contributed by atoms with Crippen molar-refractivity contribution in [3.05, 3.63) is 35.4 Å². The zero-order valence-corrected chi connectivity index (χ0v) is 13.0. The summed E-state index contributed by atoms with van der Waals surface area (Å²) in [4.78, 5) is 11.9. The molecule has 0 aromatic heterocycles. The molecule has 0 heterocycles. The predicted molar refractivity (Wildman–Crippen MR) is 80.4 cm³/mol. The summed E-state index contributed by atoms with van der Waals surface area (Å²) in [6.45, 7) is 7.17. The molecule has 1 amide bonds. The molecule has 0 aliphatic heterocycles. The van der Waals surface area contributed by atoms with Crippen LogP contribution in [0.5, 0.6) is 0 Å². The van der Waals surface area contributed by atoms with Crippen LogP contribution < -0.4 is 5.32 Å². The third-order valence-electron chi connectivity index (χ3n) is 3.05. The Kier molecular flexibility index (Phi) is 6.41. The zero-order chi connectivity index (χ0) is 13.5. The molecular weight excluding hydrogens is 290 g/mol. The van der Waals surface area contributed by atoms with Gasteiger partial charge in [0.15, 0.2) is 0 Å². The summed E-state index contributed by atoms with van der Waals surface area (Å²) >= 11 is 3.41. The van der Waals surface area contributed by atoms with Crippen LogP contribution in [0.25, 0.3) is 0 Å². The van der Waals surface area contributed by atoms with Gasteiger partial charge in [-0.05, 0) is 36.0 Å². The number of amides is 1. The Morgan fingerprint density at radius 3 is 2.33 bits per heavy atom. The Hall–Kier alpha value is -0.830.